The van der Waals surface area contributed by atoms with Crippen LogP contribution < -0.4 is 5.32 Å². The Bertz CT molecular complexity index is 371. The number of fused-ring (bicyclic) bond motifs is 1. The number of aromatic hydroxyl groups is 1. The first-order valence-corrected chi connectivity index (χ1v) is 5.91. The molecule has 0 bridgehead atoms. The first-order chi connectivity index (χ1) is 7.33. The minimum Gasteiger partial charge on any atom is -0.508 e. The highest BCUT2D eigenvalue weighted by atomic mass is 16.3. The van der Waals surface area contributed by atoms with Gasteiger partial charge in [0.25, 0.3) is 0 Å². The number of aryl methyl sites for hydroxylation is 1. The summed E-state index contributed by atoms with van der Waals surface area (Å²) in [6.07, 6.45) is 6.36. The van der Waals surface area contributed by atoms with Crippen molar-refractivity contribution in [2.75, 3.05) is 0 Å². The van der Waals surface area contributed by atoms with Crippen molar-refractivity contribution in [2.45, 2.75) is 44.2 Å². The zero-order chi connectivity index (χ0) is 10.3. The van der Waals surface area contributed by atoms with E-state index in [1.54, 1.807) is 6.07 Å². The summed E-state index contributed by atoms with van der Waals surface area (Å²) in [5.41, 5.74) is 2.73. The van der Waals surface area contributed by atoms with Crippen LogP contribution >= 0.6 is 0 Å². The Morgan fingerprint density at radius 3 is 2.80 bits per heavy atom. The summed E-state index contributed by atoms with van der Waals surface area (Å²) in [6.45, 7) is 0. The zero-order valence-corrected chi connectivity index (χ0v) is 8.87. The standard InChI is InChI=1S/C13H17NO/c15-11-6-4-9-5-7-13(12(9)8-11)14-10-2-1-3-10/h4,6,8,10,13-15H,1-3,5,7H2. The van der Waals surface area contributed by atoms with Crippen molar-refractivity contribution in [3.05, 3.63) is 29.3 Å². The van der Waals surface area contributed by atoms with Crippen molar-refractivity contribution >= 4 is 0 Å². The van der Waals surface area contributed by atoms with Gasteiger partial charge in [-0.15, -0.1) is 0 Å². The van der Waals surface area contributed by atoms with Crippen molar-refractivity contribution in [3.8, 4) is 5.75 Å². The Morgan fingerprint density at radius 2 is 2.07 bits per heavy atom. The summed E-state index contributed by atoms with van der Waals surface area (Å²) < 4.78 is 0. The van der Waals surface area contributed by atoms with E-state index >= 15 is 0 Å². The molecule has 1 atom stereocenters. The van der Waals surface area contributed by atoms with E-state index in [4.69, 9.17) is 0 Å². The second-order valence-electron chi connectivity index (χ2n) is 4.77. The Morgan fingerprint density at radius 1 is 1.20 bits per heavy atom. The molecule has 3 rings (SSSR count). The number of phenolic OH excluding ortho intramolecular Hbond substituents is 1. The third kappa shape index (κ3) is 1.63. The van der Waals surface area contributed by atoms with Crippen molar-refractivity contribution in [1.82, 2.24) is 5.32 Å². The molecular weight excluding hydrogens is 186 g/mol. The number of rotatable bonds is 2. The van der Waals surface area contributed by atoms with Crippen LogP contribution in [-0.4, -0.2) is 11.1 Å². The van der Waals surface area contributed by atoms with E-state index in [2.05, 4.69) is 11.4 Å². The summed E-state index contributed by atoms with van der Waals surface area (Å²) in [5, 5.41) is 13.2. The van der Waals surface area contributed by atoms with Crippen LogP contribution in [-0.2, 0) is 6.42 Å². The molecule has 1 aromatic carbocycles. The fourth-order valence-electron chi connectivity index (χ4n) is 2.62. The van der Waals surface area contributed by atoms with Gasteiger partial charge in [0.1, 0.15) is 5.75 Å². The molecule has 2 nitrogen and oxygen atoms in total. The number of hydrogen-bond donors (Lipinski definition) is 2. The Kier molecular flexibility index (Phi) is 2.17. The average Bonchev–Trinajstić information content (AvgIpc) is 2.54. The van der Waals surface area contributed by atoms with Crippen molar-refractivity contribution in [3.63, 3.8) is 0 Å². The van der Waals surface area contributed by atoms with Gasteiger partial charge >= 0.3 is 0 Å². The molecule has 0 aliphatic heterocycles. The predicted octanol–water partition coefficient (Wildman–Crippen LogP) is 2.52. The molecule has 2 heteroatoms. The van der Waals surface area contributed by atoms with E-state index in [1.807, 2.05) is 6.07 Å². The van der Waals surface area contributed by atoms with Gasteiger partial charge in [-0.05, 0) is 48.9 Å². The van der Waals surface area contributed by atoms with E-state index in [9.17, 15) is 5.11 Å². The molecule has 0 spiro atoms. The number of benzene rings is 1. The van der Waals surface area contributed by atoms with Crippen molar-refractivity contribution in [2.24, 2.45) is 0 Å². The van der Waals surface area contributed by atoms with Crippen LogP contribution in [0.3, 0.4) is 0 Å². The van der Waals surface area contributed by atoms with Crippen LogP contribution in [0, 0.1) is 0 Å². The molecule has 2 aliphatic carbocycles. The van der Waals surface area contributed by atoms with Crippen LogP contribution in [0.5, 0.6) is 5.75 Å². The molecule has 0 amide bonds. The number of nitrogens with one attached hydrogen (secondary N) is 1. The smallest absolute Gasteiger partial charge is 0.115 e. The van der Waals surface area contributed by atoms with Gasteiger partial charge in [-0.25, -0.2) is 0 Å². The quantitative estimate of drug-likeness (QED) is 0.774. The molecule has 0 aromatic heterocycles. The Labute approximate surface area is 90.3 Å². The van der Waals surface area contributed by atoms with Crippen LogP contribution in [0.15, 0.2) is 18.2 Å². The lowest BCUT2D eigenvalue weighted by molar-refractivity contribution is 0.304. The van der Waals surface area contributed by atoms with Gasteiger partial charge in [-0.1, -0.05) is 12.5 Å². The van der Waals surface area contributed by atoms with E-state index in [0.29, 0.717) is 11.8 Å². The first-order valence-electron chi connectivity index (χ1n) is 5.91. The SMILES string of the molecule is Oc1ccc2c(c1)C(NC1CCC1)CC2. The van der Waals surface area contributed by atoms with E-state index in [-0.39, 0.29) is 0 Å². The summed E-state index contributed by atoms with van der Waals surface area (Å²) in [7, 11) is 0. The van der Waals surface area contributed by atoms with E-state index < -0.39 is 0 Å². The van der Waals surface area contributed by atoms with E-state index in [1.165, 1.54) is 36.8 Å². The van der Waals surface area contributed by atoms with Gasteiger partial charge < -0.3 is 10.4 Å². The second-order valence-corrected chi connectivity index (χ2v) is 4.77. The molecule has 2 aliphatic rings. The fraction of sp³-hybridized carbons (Fsp3) is 0.538. The summed E-state index contributed by atoms with van der Waals surface area (Å²) >= 11 is 0. The molecule has 80 valence electrons. The average molecular weight is 203 g/mol. The first kappa shape index (κ1) is 9.22. The highest BCUT2D eigenvalue weighted by Crippen LogP contribution is 2.35. The monoisotopic (exact) mass is 203 g/mol. The molecule has 1 unspecified atom stereocenters. The lowest BCUT2D eigenvalue weighted by Gasteiger charge is -2.30. The minimum atomic E-state index is 0.399. The minimum absolute atomic E-state index is 0.399. The Hall–Kier alpha value is -1.02. The predicted molar refractivity (Wildman–Crippen MR) is 59.9 cm³/mol. The summed E-state index contributed by atoms with van der Waals surface area (Å²) in [5.74, 6) is 0.399. The third-order valence-corrected chi connectivity index (χ3v) is 3.75. The molecule has 2 N–H and O–H groups in total. The summed E-state index contributed by atoms with van der Waals surface area (Å²) in [4.78, 5) is 0. The van der Waals surface area contributed by atoms with Crippen molar-refractivity contribution < 1.29 is 5.11 Å². The molecule has 0 saturated heterocycles. The molecule has 1 fully saturated rings. The number of phenols is 1. The van der Waals surface area contributed by atoms with Crippen LogP contribution in [0.4, 0.5) is 0 Å². The van der Waals surface area contributed by atoms with Crippen molar-refractivity contribution in [1.29, 1.82) is 0 Å². The maximum atomic E-state index is 9.49. The Balaban J connectivity index is 1.80. The highest BCUT2D eigenvalue weighted by Gasteiger charge is 2.27. The lowest BCUT2D eigenvalue weighted by Crippen LogP contribution is -2.37. The fourth-order valence-corrected chi connectivity index (χ4v) is 2.62. The summed E-state index contributed by atoms with van der Waals surface area (Å²) in [6, 6.07) is 7.00. The van der Waals surface area contributed by atoms with Crippen LogP contribution in [0.1, 0.15) is 42.9 Å². The maximum absolute atomic E-state index is 9.49. The molecule has 15 heavy (non-hydrogen) atoms. The molecular formula is C13H17NO. The normalized spacial score (nSPS) is 24.9. The van der Waals surface area contributed by atoms with Gasteiger partial charge in [0, 0.05) is 12.1 Å². The highest BCUT2D eigenvalue weighted by molar-refractivity contribution is 5.40. The van der Waals surface area contributed by atoms with Gasteiger partial charge in [-0.3, -0.25) is 0 Å². The largest absolute Gasteiger partial charge is 0.508 e. The van der Waals surface area contributed by atoms with E-state index in [0.717, 1.165) is 12.5 Å². The topological polar surface area (TPSA) is 32.3 Å². The van der Waals surface area contributed by atoms with Gasteiger partial charge in [0.05, 0.1) is 0 Å². The molecule has 1 aromatic rings. The van der Waals surface area contributed by atoms with Gasteiger partial charge in [0.2, 0.25) is 0 Å². The third-order valence-electron chi connectivity index (χ3n) is 3.75. The zero-order valence-electron chi connectivity index (χ0n) is 8.87. The second kappa shape index (κ2) is 3.53. The van der Waals surface area contributed by atoms with Gasteiger partial charge in [-0.2, -0.15) is 0 Å². The lowest BCUT2D eigenvalue weighted by atomic mass is 9.92. The number of hydrogen-bond acceptors (Lipinski definition) is 2. The molecule has 1 saturated carbocycles. The van der Waals surface area contributed by atoms with Gasteiger partial charge in [0.15, 0.2) is 0 Å². The van der Waals surface area contributed by atoms with Crippen LogP contribution in [0.2, 0.25) is 0 Å². The molecule has 0 heterocycles. The molecule has 0 radical (unpaired) electrons. The van der Waals surface area contributed by atoms with Crippen LogP contribution in [0.25, 0.3) is 0 Å². The maximum Gasteiger partial charge on any atom is 0.115 e.